The highest BCUT2D eigenvalue weighted by atomic mass is 35.5. The first kappa shape index (κ1) is 15.5. The van der Waals surface area contributed by atoms with Crippen molar-refractivity contribution < 1.29 is 0 Å². The molecule has 0 aliphatic rings. The minimum atomic E-state index is -0.102. The fourth-order valence-electron chi connectivity index (χ4n) is 2.61. The molecule has 2 aromatic carbocycles. The predicted octanol–water partition coefficient (Wildman–Crippen LogP) is 4.10. The molecule has 3 nitrogen and oxygen atoms in total. The van der Waals surface area contributed by atoms with Gasteiger partial charge in [0.25, 0.3) is 5.56 Å². The molecule has 0 aliphatic carbocycles. The summed E-state index contributed by atoms with van der Waals surface area (Å²) in [6, 6.07) is 19.6. The van der Waals surface area contributed by atoms with Gasteiger partial charge in [0.2, 0.25) is 0 Å². The number of aromatic nitrogens is 2. The first-order valence-electron chi connectivity index (χ1n) is 7.51. The first-order valence-corrected chi connectivity index (χ1v) is 7.89. The van der Waals surface area contributed by atoms with Gasteiger partial charge in [-0.3, -0.25) is 4.79 Å². The lowest BCUT2D eigenvalue weighted by atomic mass is 10.1. The average molecular weight is 325 g/mol. The van der Waals surface area contributed by atoms with Gasteiger partial charge in [0, 0.05) is 12.6 Å². The van der Waals surface area contributed by atoms with Crippen molar-refractivity contribution in [2.75, 3.05) is 0 Å². The molecule has 3 rings (SSSR count). The lowest BCUT2D eigenvalue weighted by Gasteiger charge is -2.17. The Morgan fingerprint density at radius 3 is 2.30 bits per heavy atom. The standard InChI is InChI=1S/C19H17ClN2O/c1-14(16-10-6-3-7-11-16)22-13-18(20)21-17(19(22)23)12-15-8-4-2-5-9-15/h2-11,13-14H,12H2,1H3/t14-/m1/s1. The van der Waals surface area contributed by atoms with E-state index in [2.05, 4.69) is 4.98 Å². The monoisotopic (exact) mass is 324 g/mol. The third-order valence-electron chi connectivity index (χ3n) is 3.88. The topological polar surface area (TPSA) is 34.9 Å². The third kappa shape index (κ3) is 3.51. The zero-order valence-electron chi connectivity index (χ0n) is 12.8. The first-order chi connectivity index (χ1) is 11.1. The zero-order chi connectivity index (χ0) is 16.2. The number of halogens is 1. The summed E-state index contributed by atoms with van der Waals surface area (Å²) in [5.74, 6) is 0. The lowest BCUT2D eigenvalue weighted by molar-refractivity contribution is 0.602. The molecule has 23 heavy (non-hydrogen) atoms. The summed E-state index contributed by atoms with van der Waals surface area (Å²) in [6.07, 6.45) is 2.08. The van der Waals surface area contributed by atoms with Crippen molar-refractivity contribution >= 4 is 11.6 Å². The predicted molar refractivity (Wildman–Crippen MR) is 93.0 cm³/mol. The number of rotatable bonds is 4. The van der Waals surface area contributed by atoms with E-state index in [9.17, 15) is 4.79 Å². The Bertz CT molecular complexity index is 844. The van der Waals surface area contributed by atoms with Crippen LogP contribution in [0, 0.1) is 0 Å². The van der Waals surface area contributed by atoms with E-state index >= 15 is 0 Å². The van der Waals surface area contributed by atoms with Gasteiger partial charge in [-0.15, -0.1) is 0 Å². The van der Waals surface area contributed by atoms with Crippen LogP contribution in [0.3, 0.4) is 0 Å². The molecule has 1 heterocycles. The number of nitrogens with zero attached hydrogens (tertiary/aromatic N) is 2. The maximum absolute atomic E-state index is 12.8. The van der Waals surface area contributed by atoms with Crippen molar-refractivity contribution in [3.63, 3.8) is 0 Å². The van der Waals surface area contributed by atoms with Gasteiger partial charge in [-0.25, -0.2) is 4.98 Å². The van der Waals surface area contributed by atoms with Gasteiger partial charge in [-0.1, -0.05) is 72.3 Å². The molecule has 0 radical (unpaired) electrons. The van der Waals surface area contributed by atoms with Crippen molar-refractivity contribution in [3.05, 3.63) is 99.2 Å². The Kier molecular flexibility index (Phi) is 4.58. The van der Waals surface area contributed by atoms with Crippen LogP contribution in [0.15, 0.2) is 71.7 Å². The van der Waals surface area contributed by atoms with Crippen LogP contribution in [0.5, 0.6) is 0 Å². The van der Waals surface area contributed by atoms with Gasteiger partial charge in [-0.2, -0.15) is 0 Å². The summed E-state index contributed by atoms with van der Waals surface area (Å²) in [6.45, 7) is 1.99. The second-order valence-electron chi connectivity index (χ2n) is 5.47. The molecule has 0 saturated heterocycles. The van der Waals surface area contributed by atoms with Gasteiger partial charge in [-0.05, 0) is 18.1 Å². The normalized spacial score (nSPS) is 12.1. The van der Waals surface area contributed by atoms with E-state index in [-0.39, 0.29) is 11.6 Å². The summed E-state index contributed by atoms with van der Waals surface area (Å²) >= 11 is 6.15. The molecule has 0 amide bonds. The Labute approximate surface area is 140 Å². The highest BCUT2D eigenvalue weighted by molar-refractivity contribution is 6.29. The van der Waals surface area contributed by atoms with Gasteiger partial charge in [0.1, 0.15) is 10.8 Å². The van der Waals surface area contributed by atoms with Crippen LogP contribution in [0.25, 0.3) is 0 Å². The summed E-state index contributed by atoms with van der Waals surface area (Å²) in [4.78, 5) is 17.0. The van der Waals surface area contributed by atoms with E-state index in [0.717, 1.165) is 11.1 Å². The maximum atomic E-state index is 12.8. The second kappa shape index (κ2) is 6.80. The quantitative estimate of drug-likeness (QED) is 0.724. The van der Waals surface area contributed by atoms with Crippen LogP contribution in [0.1, 0.15) is 29.8 Å². The van der Waals surface area contributed by atoms with Crippen LogP contribution >= 0.6 is 11.6 Å². The number of hydrogen-bond acceptors (Lipinski definition) is 2. The smallest absolute Gasteiger partial charge is 0.273 e. The molecule has 0 unspecified atom stereocenters. The summed E-state index contributed by atoms with van der Waals surface area (Å²) in [5, 5.41) is 0.332. The van der Waals surface area contributed by atoms with E-state index in [1.807, 2.05) is 67.6 Å². The molecule has 1 aromatic heterocycles. The van der Waals surface area contributed by atoms with Crippen LogP contribution in [0.4, 0.5) is 0 Å². The summed E-state index contributed by atoms with van der Waals surface area (Å²) in [7, 11) is 0. The Morgan fingerprint density at radius 1 is 1.04 bits per heavy atom. The SMILES string of the molecule is C[C@H](c1ccccc1)n1cc(Cl)nc(Cc2ccccc2)c1=O. The molecule has 0 N–H and O–H groups in total. The molecular formula is C19H17ClN2O. The lowest BCUT2D eigenvalue weighted by Crippen LogP contribution is -2.28. The molecule has 116 valence electrons. The fraction of sp³-hybridized carbons (Fsp3) is 0.158. The van der Waals surface area contributed by atoms with Crippen molar-refractivity contribution in [3.8, 4) is 0 Å². The number of hydrogen-bond donors (Lipinski definition) is 0. The second-order valence-corrected chi connectivity index (χ2v) is 5.86. The molecule has 1 atom stereocenters. The van der Waals surface area contributed by atoms with E-state index in [1.54, 1.807) is 10.8 Å². The third-order valence-corrected chi connectivity index (χ3v) is 4.06. The van der Waals surface area contributed by atoms with E-state index < -0.39 is 0 Å². The minimum Gasteiger partial charge on any atom is -0.304 e. The molecule has 3 aromatic rings. The molecule has 0 aliphatic heterocycles. The van der Waals surface area contributed by atoms with Crippen molar-refractivity contribution in [2.24, 2.45) is 0 Å². The Balaban J connectivity index is 2.01. The van der Waals surface area contributed by atoms with E-state index in [4.69, 9.17) is 11.6 Å². The van der Waals surface area contributed by atoms with Gasteiger partial charge >= 0.3 is 0 Å². The summed E-state index contributed by atoms with van der Waals surface area (Å²) < 4.78 is 1.66. The molecule has 0 spiro atoms. The largest absolute Gasteiger partial charge is 0.304 e. The molecular weight excluding hydrogens is 308 g/mol. The molecule has 4 heteroatoms. The van der Waals surface area contributed by atoms with Crippen LogP contribution in [-0.2, 0) is 6.42 Å². The van der Waals surface area contributed by atoms with Gasteiger partial charge in [0.05, 0.1) is 6.04 Å². The highest BCUT2D eigenvalue weighted by Crippen LogP contribution is 2.17. The van der Waals surface area contributed by atoms with Gasteiger partial charge in [0.15, 0.2) is 0 Å². The van der Waals surface area contributed by atoms with E-state index in [0.29, 0.717) is 17.3 Å². The van der Waals surface area contributed by atoms with Crippen LogP contribution in [-0.4, -0.2) is 9.55 Å². The fourth-order valence-corrected chi connectivity index (χ4v) is 2.82. The Morgan fingerprint density at radius 2 is 1.65 bits per heavy atom. The van der Waals surface area contributed by atoms with Crippen molar-refractivity contribution in [1.29, 1.82) is 0 Å². The summed E-state index contributed by atoms with van der Waals surface area (Å²) in [5.41, 5.74) is 2.46. The number of benzene rings is 2. The van der Waals surface area contributed by atoms with Crippen molar-refractivity contribution in [1.82, 2.24) is 9.55 Å². The Hall–Kier alpha value is -2.39. The molecule has 0 saturated carbocycles. The minimum absolute atomic E-state index is 0.0984. The van der Waals surface area contributed by atoms with E-state index in [1.165, 1.54) is 0 Å². The van der Waals surface area contributed by atoms with Gasteiger partial charge < -0.3 is 4.57 Å². The van der Waals surface area contributed by atoms with Crippen LogP contribution < -0.4 is 5.56 Å². The molecule has 0 bridgehead atoms. The van der Waals surface area contributed by atoms with Crippen molar-refractivity contribution in [2.45, 2.75) is 19.4 Å². The molecule has 0 fully saturated rings. The van der Waals surface area contributed by atoms with Crippen LogP contribution in [0.2, 0.25) is 5.15 Å². The maximum Gasteiger partial charge on any atom is 0.273 e. The average Bonchev–Trinajstić information content (AvgIpc) is 2.59. The highest BCUT2D eigenvalue weighted by Gasteiger charge is 2.14. The zero-order valence-corrected chi connectivity index (χ0v) is 13.6.